The quantitative estimate of drug-likeness (QED) is 0.862. The molecule has 0 radical (unpaired) electrons. The fourth-order valence-corrected chi connectivity index (χ4v) is 2.14. The number of esters is 1. The van der Waals surface area contributed by atoms with Gasteiger partial charge >= 0.3 is 5.97 Å². The summed E-state index contributed by atoms with van der Waals surface area (Å²) < 4.78 is 5.02. The minimum atomic E-state index is -0.316. The lowest BCUT2D eigenvalue weighted by Gasteiger charge is -2.10. The number of nitrogens with one attached hydrogen (secondary N) is 1. The van der Waals surface area contributed by atoms with E-state index in [4.69, 9.17) is 4.74 Å². The van der Waals surface area contributed by atoms with E-state index in [0.717, 1.165) is 10.9 Å². The summed E-state index contributed by atoms with van der Waals surface area (Å²) in [5, 5.41) is 3.64. The van der Waals surface area contributed by atoms with E-state index in [0.29, 0.717) is 11.3 Å². The Balaban J connectivity index is 2.01. The van der Waals surface area contributed by atoms with E-state index < -0.39 is 0 Å². The van der Waals surface area contributed by atoms with Gasteiger partial charge in [0.25, 0.3) is 5.91 Å². The number of carbonyl (C=O) groups is 2. The summed E-state index contributed by atoms with van der Waals surface area (Å²) in [4.78, 5) is 28.1. The molecule has 0 bridgehead atoms. The Kier molecular flexibility index (Phi) is 5.09. The number of amides is 1. The van der Waals surface area contributed by atoms with Crippen molar-refractivity contribution in [3.05, 3.63) is 41.6 Å². The van der Waals surface area contributed by atoms with E-state index in [1.54, 1.807) is 20.8 Å². The van der Waals surface area contributed by atoms with Crippen molar-refractivity contribution >= 4 is 22.8 Å². The summed E-state index contributed by atoms with van der Waals surface area (Å²) >= 11 is 0. The van der Waals surface area contributed by atoms with Crippen molar-refractivity contribution in [1.29, 1.82) is 0 Å². The van der Waals surface area contributed by atoms with Gasteiger partial charge in [0.05, 0.1) is 29.3 Å². The maximum atomic E-state index is 12.2. The average Bonchev–Trinajstić information content (AvgIpc) is 2.45. The van der Waals surface area contributed by atoms with Crippen LogP contribution in [0.4, 0.5) is 0 Å². The Labute approximate surface area is 129 Å². The van der Waals surface area contributed by atoms with Gasteiger partial charge in [0.2, 0.25) is 0 Å². The Hall–Kier alpha value is -2.43. The minimum Gasteiger partial charge on any atom is -0.463 e. The van der Waals surface area contributed by atoms with Gasteiger partial charge in [-0.1, -0.05) is 18.2 Å². The number of aryl methyl sites for hydroxylation is 1. The highest BCUT2D eigenvalue weighted by molar-refractivity contribution is 5.98. The van der Waals surface area contributed by atoms with E-state index in [1.165, 1.54) is 0 Å². The number of carbonyl (C=O) groups excluding carboxylic acids is 2. The highest BCUT2D eigenvalue weighted by atomic mass is 16.5. The minimum absolute atomic E-state index is 0.143. The number of aromatic nitrogens is 1. The zero-order valence-corrected chi connectivity index (χ0v) is 13.1. The third kappa shape index (κ3) is 4.04. The number of benzene rings is 1. The highest BCUT2D eigenvalue weighted by Crippen LogP contribution is 2.16. The smallest absolute Gasteiger partial charge is 0.307 e. The van der Waals surface area contributed by atoms with Gasteiger partial charge in [-0.25, -0.2) is 0 Å². The standard InChI is InChI=1S/C17H20N2O3/c1-11(2)22-16(20)8-9-18-17(21)14-10-13-6-4-5-7-15(13)19-12(14)3/h4-7,10-11H,8-9H2,1-3H3,(H,18,21). The summed E-state index contributed by atoms with van der Waals surface area (Å²) in [6.45, 7) is 5.63. The maximum Gasteiger partial charge on any atom is 0.307 e. The Morgan fingerprint density at radius 1 is 1.27 bits per heavy atom. The van der Waals surface area contributed by atoms with E-state index in [1.807, 2.05) is 30.3 Å². The second-order valence-corrected chi connectivity index (χ2v) is 5.36. The van der Waals surface area contributed by atoms with Crippen molar-refractivity contribution in [1.82, 2.24) is 10.3 Å². The van der Waals surface area contributed by atoms with E-state index in [9.17, 15) is 9.59 Å². The van der Waals surface area contributed by atoms with Crippen molar-refractivity contribution in [2.75, 3.05) is 6.54 Å². The second kappa shape index (κ2) is 7.02. The van der Waals surface area contributed by atoms with E-state index in [-0.39, 0.29) is 30.9 Å². The van der Waals surface area contributed by atoms with Gasteiger partial charge in [0.15, 0.2) is 0 Å². The molecule has 0 fully saturated rings. The molecule has 116 valence electrons. The largest absolute Gasteiger partial charge is 0.463 e. The first-order valence-electron chi connectivity index (χ1n) is 7.31. The van der Waals surface area contributed by atoms with Gasteiger partial charge < -0.3 is 10.1 Å². The molecule has 2 rings (SSSR count). The van der Waals surface area contributed by atoms with Crippen LogP contribution < -0.4 is 5.32 Å². The lowest BCUT2D eigenvalue weighted by atomic mass is 10.1. The first kappa shape index (κ1) is 15.9. The van der Waals surface area contributed by atoms with Crippen LogP contribution in [0.2, 0.25) is 0 Å². The van der Waals surface area contributed by atoms with E-state index in [2.05, 4.69) is 10.3 Å². The number of para-hydroxylation sites is 1. The molecule has 1 heterocycles. The zero-order chi connectivity index (χ0) is 16.1. The van der Waals surface area contributed by atoms with E-state index >= 15 is 0 Å². The molecule has 0 unspecified atom stereocenters. The second-order valence-electron chi connectivity index (χ2n) is 5.36. The molecule has 0 saturated carbocycles. The monoisotopic (exact) mass is 300 g/mol. The highest BCUT2D eigenvalue weighted by Gasteiger charge is 2.12. The molecule has 2 aromatic rings. The summed E-state index contributed by atoms with van der Waals surface area (Å²) in [7, 11) is 0. The van der Waals surface area contributed by atoms with Crippen LogP contribution in [0.5, 0.6) is 0 Å². The van der Waals surface area contributed by atoms with Gasteiger partial charge in [0.1, 0.15) is 0 Å². The van der Waals surface area contributed by atoms with Gasteiger partial charge in [-0.3, -0.25) is 14.6 Å². The first-order chi connectivity index (χ1) is 10.5. The number of ether oxygens (including phenoxy) is 1. The third-order valence-electron chi connectivity index (χ3n) is 3.14. The predicted molar refractivity (Wildman–Crippen MR) is 84.7 cm³/mol. The zero-order valence-electron chi connectivity index (χ0n) is 13.1. The van der Waals surface area contributed by atoms with Crippen LogP contribution >= 0.6 is 0 Å². The third-order valence-corrected chi connectivity index (χ3v) is 3.14. The van der Waals surface area contributed by atoms with Gasteiger partial charge in [-0.15, -0.1) is 0 Å². The molecule has 1 aromatic heterocycles. The van der Waals surface area contributed by atoms with Crippen LogP contribution in [0.3, 0.4) is 0 Å². The van der Waals surface area contributed by atoms with Crippen LogP contribution in [-0.2, 0) is 9.53 Å². The average molecular weight is 300 g/mol. The summed E-state index contributed by atoms with van der Waals surface area (Å²) in [5.41, 5.74) is 2.05. The van der Waals surface area contributed by atoms with Crippen LogP contribution in [-0.4, -0.2) is 29.5 Å². The number of hydrogen-bond acceptors (Lipinski definition) is 4. The first-order valence-corrected chi connectivity index (χ1v) is 7.31. The summed E-state index contributed by atoms with van der Waals surface area (Å²) in [5.74, 6) is -0.545. The SMILES string of the molecule is Cc1nc2ccccc2cc1C(=O)NCCC(=O)OC(C)C. The van der Waals surface area contributed by atoms with Crippen molar-refractivity contribution in [2.45, 2.75) is 33.3 Å². The molecular weight excluding hydrogens is 280 g/mol. The predicted octanol–water partition coefficient (Wildman–Crippen LogP) is 2.61. The van der Waals surface area contributed by atoms with Crippen LogP contribution in [0.1, 0.15) is 36.3 Å². The molecule has 0 aliphatic rings. The lowest BCUT2D eigenvalue weighted by Crippen LogP contribution is -2.27. The molecule has 5 nitrogen and oxygen atoms in total. The maximum absolute atomic E-state index is 12.2. The normalized spacial score (nSPS) is 10.7. The van der Waals surface area contributed by atoms with Gasteiger partial charge in [-0.05, 0) is 32.9 Å². The lowest BCUT2D eigenvalue weighted by molar-refractivity contribution is -0.147. The van der Waals surface area contributed by atoms with Crippen molar-refractivity contribution in [3.63, 3.8) is 0 Å². The molecule has 0 saturated heterocycles. The van der Waals surface area contributed by atoms with Crippen LogP contribution in [0.25, 0.3) is 10.9 Å². The Morgan fingerprint density at radius 3 is 2.73 bits per heavy atom. The molecular formula is C17H20N2O3. The molecule has 0 atom stereocenters. The molecule has 0 aliphatic heterocycles. The number of hydrogen-bond donors (Lipinski definition) is 1. The van der Waals surface area contributed by atoms with Crippen molar-refractivity contribution < 1.29 is 14.3 Å². The molecule has 0 aliphatic carbocycles. The Morgan fingerprint density at radius 2 is 2.00 bits per heavy atom. The topological polar surface area (TPSA) is 68.3 Å². The fraction of sp³-hybridized carbons (Fsp3) is 0.353. The molecule has 1 aromatic carbocycles. The fourth-order valence-electron chi connectivity index (χ4n) is 2.14. The molecule has 1 amide bonds. The molecule has 5 heteroatoms. The van der Waals surface area contributed by atoms with Gasteiger partial charge in [-0.2, -0.15) is 0 Å². The summed E-state index contributed by atoms with van der Waals surface area (Å²) in [6, 6.07) is 9.46. The van der Waals surface area contributed by atoms with Crippen molar-refractivity contribution in [2.24, 2.45) is 0 Å². The number of rotatable bonds is 5. The number of nitrogens with zero attached hydrogens (tertiary/aromatic N) is 1. The number of fused-ring (bicyclic) bond motifs is 1. The number of pyridine rings is 1. The summed E-state index contributed by atoms with van der Waals surface area (Å²) in [6.07, 6.45) is 0.0133. The molecule has 0 spiro atoms. The molecule has 1 N–H and O–H groups in total. The van der Waals surface area contributed by atoms with Gasteiger partial charge in [0, 0.05) is 11.9 Å². The van der Waals surface area contributed by atoms with Crippen molar-refractivity contribution in [3.8, 4) is 0 Å². The Bertz CT molecular complexity index is 695. The van der Waals surface area contributed by atoms with Crippen LogP contribution in [0, 0.1) is 6.92 Å². The molecule has 22 heavy (non-hydrogen) atoms. The van der Waals surface area contributed by atoms with Crippen LogP contribution in [0.15, 0.2) is 30.3 Å².